The summed E-state index contributed by atoms with van der Waals surface area (Å²) in [7, 11) is 0. The Hall–Kier alpha value is -2.33. The van der Waals surface area contributed by atoms with E-state index in [9.17, 15) is 4.79 Å². The predicted octanol–water partition coefficient (Wildman–Crippen LogP) is 3.14. The minimum absolute atomic E-state index is 0.0737. The molecule has 6 nitrogen and oxygen atoms in total. The number of carbonyl (C=O) groups is 1. The largest absolute Gasteiger partial charge is 0.329 e. The van der Waals surface area contributed by atoms with Crippen LogP contribution in [0.3, 0.4) is 0 Å². The van der Waals surface area contributed by atoms with Crippen molar-refractivity contribution in [2.45, 2.75) is 26.3 Å². The summed E-state index contributed by atoms with van der Waals surface area (Å²) >= 11 is 0. The number of aromatic nitrogens is 1. The molecule has 2 aliphatic heterocycles. The van der Waals surface area contributed by atoms with Crippen LogP contribution in [0.5, 0.6) is 0 Å². The van der Waals surface area contributed by atoms with Crippen molar-refractivity contribution in [3.05, 3.63) is 46.1 Å². The van der Waals surface area contributed by atoms with Crippen molar-refractivity contribution in [3.63, 3.8) is 0 Å². The van der Waals surface area contributed by atoms with Crippen molar-refractivity contribution >= 4 is 11.6 Å². The van der Waals surface area contributed by atoms with E-state index in [0.717, 1.165) is 24.5 Å². The van der Waals surface area contributed by atoms with Gasteiger partial charge in [0.2, 0.25) is 0 Å². The van der Waals surface area contributed by atoms with Gasteiger partial charge in [-0.3, -0.25) is 4.79 Å². The van der Waals surface area contributed by atoms with Gasteiger partial charge in [-0.2, -0.15) is 0 Å². The van der Waals surface area contributed by atoms with E-state index in [1.165, 1.54) is 0 Å². The van der Waals surface area contributed by atoms with Crippen LogP contribution in [0, 0.1) is 5.41 Å². The number of carbonyl (C=O) groups excluding carboxylic acids is 1. The van der Waals surface area contributed by atoms with Crippen LogP contribution in [0.4, 0.5) is 5.82 Å². The summed E-state index contributed by atoms with van der Waals surface area (Å²) in [5, 5.41) is 3.66. The Bertz CT molecular complexity index is 657. The van der Waals surface area contributed by atoms with Crippen LogP contribution in [0.15, 0.2) is 35.2 Å². The molecule has 0 spiro atoms. The fourth-order valence-corrected chi connectivity index (χ4v) is 2.88. The first-order valence-corrected chi connectivity index (χ1v) is 6.57. The summed E-state index contributed by atoms with van der Waals surface area (Å²) in [6, 6.07) is 2.75. The molecule has 20 heavy (non-hydrogen) atoms. The highest BCUT2D eigenvalue weighted by atomic mass is 16.1. The van der Waals surface area contributed by atoms with Gasteiger partial charge in [0, 0.05) is 40.4 Å². The van der Waals surface area contributed by atoms with Crippen molar-refractivity contribution in [2.24, 2.45) is 10.5 Å². The molecule has 1 saturated heterocycles. The molecule has 6 heteroatoms. The first-order valence-electron chi connectivity index (χ1n) is 6.57. The number of nitrogens with zero attached hydrogens (tertiary/aromatic N) is 5. The highest BCUT2D eigenvalue weighted by Crippen LogP contribution is 2.45. The Kier molecular flexibility index (Phi) is 2.76. The van der Waals surface area contributed by atoms with Gasteiger partial charge in [0.1, 0.15) is 11.9 Å². The maximum Gasteiger partial charge on any atom is 0.170 e. The Morgan fingerprint density at radius 3 is 3.10 bits per heavy atom. The topological polar surface area (TPSA) is 82.0 Å². The lowest BCUT2D eigenvalue weighted by Gasteiger charge is -2.25. The molecule has 3 rings (SSSR count). The summed E-state index contributed by atoms with van der Waals surface area (Å²) in [4.78, 5) is 21.7. The van der Waals surface area contributed by atoms with E-state index < -0.39 is 6.04 Å². The molecule has 0 bridgehead atoms. The number of fused-ring (bicyclic) bond motifs is 3. The van der Waals surface area contributed by atoms with E-state index in [0.29, 0.717) is 5.56 Å². The van der Waals surface area contributed by atoms with Crippen LogP contribution in [-0.4, -0.2) is 17.3 Å². The number of anilines is 1. The van der Waals surface area contributed by atoms with Crippen molar-refractivity contribution in [3.8, 4) is 0 Å². The molecule has 102 valence electrons. The SMILES string of the molecule is CC1(C)CCN2C1=CC(=O)C(N=[N+]=[N-])c1cccnc12. The van der Waals surface area contributed by atoms with E-state index in [2.05, 4.69) is 33.8 Å². The van der Waals surface area contributed by atoms with E-state index >= 15 is 0 Å². The molecule has 0 aliphatic carbocycles. The number of hydrogen-bond acceptors (Lipinski definition) is 4. The van der Waals surface area contributed by atoms with Gasteiger partial charge >= 0.3 is 0 Å². The van der Waals surface area contributed by atoms with Gasteiger partial charge in [0.05, 0.1) is 0 Å². The zero-order chi connectivity index (χ0) is 14.3. The van der Waals surface area contributed by atoms with Gasteiger partial charge in [-0.05, 0) is 18.0 Å². The average Bonchev–Trinajstić information content (AvgIpc) is 2.64. The predicted molar refractivity (Wildman–Crippen MR) is 75.0 cm³/mol. The Labute approximate surface area is 116 Å². The van der Waals surface area contributed by atoms with Gasteiger partial charge in [0.25, 0.3) is 0 Å². The average molecular weight is 269 g/mol. The first-order chi connectivity index (χ1) is 9.54. The molecule has 3 heterocycles. The molecule has 0 N–H and O–H groups in total. The second kappa shape index (κ2) is 4.35. The fraction of sp³-hybridized carbons (Fsp3) is 0.429. The maximum atomic E-state index is 12.4. The molecule has 1 atom stereocenters. The molecule has 1 aromatic rings. The molecule has 1 aromatic heterocycles. The molecule has 1 unspecified atom stereocenters. The van der Waals surface area contributed by atoms with Crippen LogP contribution < -0.4 is 4.90 Å². The minimum Gasteiger partial charge on any atom is -0.329 e. The number of allylic oxidation sites excluding steroid dienone is 1. The minimum atomic E-state index is -0.822. The zero-order valence-electron chi connectivity index (χ0n) is 11.4. The van der Waals surface area contributed by atoms with Crippen LogP contribution in [-0.2, 0) is 4.79 Å². The Morgan fingerprint density at radius 1 is 1.55 bits per heavy atom. The maximum absolute atomic E-state index is 12.4. The van der Waals surface area contributed by atoms with E-state index in [-0.39, 0.29) is 11.2 Å². The number of pyridine rings is 1. The molecular formula is C14H15N5O. The molecule has 0 amide bonds. The second-order valence-electron chi connectivity index (χ2n) is 5.74. The number of ketones is 1. The monoisotopic (exact) mass is 269 g/mol. The van der Waals surface area contributed by atoms with Crippen molar-refractivity contribution in [1.29, 1.82) is 0 Å². The third-order valence-corrected chi connectivity index (χ3v) is 4.03. The van der Waals surface area contributed by atoms with Gasteiger partial charge in [-0.1, -0.05) is 25.0 Å². The van der Waals surface area contributed by atoms with Crippen LogP contribution >= 0.6 is 0 Å². The van der Waals surface area contributed by atoms with Crippen molar-refractivity contribution in [1.82, 2.24) is 4.98 Å². The molecule has 0 aromatic carbocycles. The quantitative estimate of drug-likeness (QED) is 0.446. The summed E-state index contributed by atoms with van der Waals surface area (Å²) in [6.07, 6.45) is 4.28. The molecule has 2 aliphatic rings. The van der Waals surface area contributed by atoms with E-state index in [1.807, 2.05) is 6.07 Å². The summed E-state index contributed by atoms with van der Waals surface area (Å²) in [5.41, 5.74) is 10.3. The lowest BCUT2D eigenvalue weighted by atomic mass is 9.88. The molecular weight excluding hydrogens is 254 g/mol. The highest BCUT2D eigenvalue weighted by molar-refractivity contribution is 5.98. The van der Waals surface area contributed by atoms with Crippen molar-refractivity contribution < 1.29 is 4.79 Å². The standard InChI is InChI=1S/C14H15N5O/c1-14(2)5-7-19-11(14)8-10(20)12(17-18-15)9-4-3-6-16-13(9)19/h3-4,6,8,12H,5,7H2,1-2H3. The van der Waals surface area contributed by atoms with Gasteiger partial charge in [-0.25, -0.2) is 4.98 Å². The molecule has 0 saturated carbocycles. The first kappa shape index (κ1) is 12.7. The summed E-state index contributed by atoms with van der Waals surface area (Å²) in [5.74, 6) is 0.553. The molecule has 1 fully saturated rings. The number of rotatable bonds is 1. The van der Waals surface area contributed by atoms with E-state index in [1.54, 1.807) is 18.3 Å². The lowest BCUT2D eigenvalue weighted by Crippen LogP contribution is -2.21. The highest BCUT2D eigenvalue weighted by Gasteiger charge is 2.40. The third-order valence-electron chi connectivity index (χ3n) is 4.03. The fourth-order valence-electron chi connectivity index (χ4n) is 2.88. The van der Waals surface area contributed by atoms with Crippen LogP contribution in [0.25, 0.3) is 10.4 Å². The second-order valence-corrected chi connectivity index (χ2v) is 5.74. The van der Waals surface area contributed by atoms with Gasteiger partial charge in [0.15, 0.2) is 5.78 Å². The van der Waals surface area contributed by atoms with Crippen molar-refractivity contribution in [2.75, 3.05) is 11.4 Å². The van der Waals surface area contributed by atoms with Crippen LogP contribution in [0.2, 0.25) is 0 Å². The van der Waals surface area contributed by atoms with E-state index in [4.69, 9.17) is 5.53 Å². The smallest absolute Gasteiger partial charge is 0.170 e. The van der Waals surface area contributed by atoms with Crippen LogP contribution in [0.1, 0.15) is 31.9 Å². The number of hydrogen-bond donors (Lipinski definition) is 0. The summed E-state index contributed by atoms with van der Waals surface area (Å²) in [6.45, 7) is 5.05. The Balaban J connectivity index is 2.24. The third kappa shape index (κ3) is 1.77. The lowest BCUT2D eigenvalue weighted by molar-refractivity contribution is -0.115. The molecule has 0 radical (unpaired) electrons. The number of azide groups is 1. The summed E-state index contributed by atoms with van der Waals surface area (Å²) < 4.78 is 0. The Morgan fingerprint density at radius 2 is 2.35 bits per heavy atom. The van der Waals surface area contributed by atoms with Gasteiger partial charge in [-0.15, -0.1) is 0 Å². The zero-order valence-corrected chi connectivity index (χ0v) is 11.4. The normalized spacial score (nSPS) is 23.3. The van der Waals surface area contributed by atoms with Gasteiger partial charge < -0.3 is 4.90 Å².